The summed E-state index contributed by atoms with van der Waals surface area (Å²) < 4.78 is 1.92. The Bertz CT molecular complexity index is 586. The molecule has 0 aliphatic carbocycles. The zero-order valence-electron chi connectivity index (χ0n) is 11.7. The Hall–Kier alpha value is -1.68. The average molecular weight is 256 g/mol. The van der Waals surface area contributed by atoms with Crippen LogP contribution in [0.25, 0.3) is 0 Å². The molecule has 1 aromatic carbocycles. The monoisotopic (exact) mass is 256 g/mol. The summed E-state index contributed by atoms with van der Waals surface area (Å²) in [5, 5.41) is 8.07. The number of fused-ring (bicyclic) bond motifs is 1. The van der Waals surface area contributed by atoms with E-state index >= 15 is 0 Å². The van der Waals surface area contributed by atoms with Gasteiger partial charge in [-0.15, -0.1) is 0 Å². The number of aromatic nitrogens is 3. The van der Waals surface area contributed by atoms with E-state index in [1.54, 1.807) is 0 Å². The minimum Gasteiger partial charge on any atom is -0.303 e. The fourth-order valence-corrected chi connectivity index (χ4v) is 2.60. The van der Waals surface area contributed by atoms with Crippen molar-refractivity contribution in [1.82, 2.24) is 20.1 Å². The van der Waals surface area contributed by atoms with Crippen molar-refractivity contribution >= 4 is 0 Å². The van der Waals surface area contributed by atoms with Crippen LogP contribution in [0.4, 0.5) is 0 Å². The highest BCUT2D eigenvalue weighted by Gasteiger charge is 2.24. The average Bonchev–Trinajstić information content (AvgIpc) is 2.80. The van der Waals surface area contributed by atoms with Crippen LogP contribution in [0.5, 0.6) is 0 Å². The molecular formula is C15H20N4. The highest BCUT2D eigenvalue weighted by Crippen LogP contribution is 2.25. The van der Waals surface area contributed by atoms with Gasteiger partial charge in [0.05, 0.1) is 6.04 Å². The van der Waals surface area contributed by atoms with Gasteiger partial charge in [-0.25, -0.2) is 4.98 Å². The van der Waals surface area contributed by atoms with Crippen LogP contribution in [-0.4, -0.2) is 14.8 Å². The predicted octanol–water partition coefficient (Wildman–Crippen LogP) is 2.33. The first kappa shape index (κ1) is 12.4. The summed E-state index contributed by atoms with van der Waals surface area (Å²) in [6.45, 7) is 5.16. The Morgan fingerprint density at radius 3 is 2.68 bits per heavy atom. The molecule has 4 heteroatoms. The minimum atomic E-state index is 0.264. The molecule has 1 atom stereocenters. The second-order valence-electron chi connectivity index (χ2n) is 5.51. The number of hydrogen-bond donors (Lipinski definition) is 1. The third-order valence-electron chi connectivity index (χ3n) is 3.72. The van der Waals surface area contributed by atoms with Crippen molar-refractivity contribution in [3.8, 4) is 0 Å². The molecular weight excluding hydrogens is 236 g/mol. The molecule has 3 rings (SSSR count). The van der Waals surface area contributed by atoms with Gasteiger partial charge < -0.3 is 5.32 Å². The van der Waals surface area contributed by atoms with E-state index in [0.29, 0.717) is 5.92 Å². The molecule has 100 valence electrons. The van der Waals surface area contributed by atoms with Crippen LogP contribution >= 0.6 is 0 Å². The van der Waals surface area contributed by atoms with Crippen LogP contribution < -0.4 is 5.32 Å². The topological polar surface area (TPSA) is 42.7 Å². The van der Waals surface area contributed by atoms with Crippen LogP contribution in [0.3, 0.4) is 0 Å². The lowest BCUT2D eigenvalue weighted by Gasteiger charge is -2.25. The number of hydrogen-bond acceptors (Lipinski definition) is 3. The highest BCUT2D eigenvalue weighted by atomic mass is 15.3. The summed E-state index contributed by atoms with van der Waals surface area (Å²) in [7, 11) is 1.98. The second-order valence-corrected chi connectivity index (χ2v) is 5.51. The summed E-state index contributed by atoms with van der Waals surface area (Å²) in [6.07, 6.45) is 0.986. The van der Waals surface area contributed by atoms with E-state index in [1.807, 2.05) is 11.7 Å². The SMILES string of the molecule is CC(C)c1nc(C2Cc3ccccc3CN2)n(C)n1. The van der Waals surface area contributed by atoms with Crippen LogP contribution in [0.15, 0.2) is 24.3 Å². The second kappa shape index (κ2) is 4.78. The van der Waals surface area contributed by atoms with Gasteiger partial charge in [0.25, 0.3) is 0 Å². The molecule has 4 nitrogen and oxygen atoms in total. The summed E-state index contributed by atoms with van der Waals surface area (Å²) in [5.41, 5.74) is 2.81. The Morgan fingerprint density at radius 1 is 1.26 bits per heavy atom. The zero-order chi connectivity index (χ0) is 13.4. The van der Waals surface area contributed by atoms with E-state index in [9.17, 15) is 0 Å². The maximum atomic E-state index is 4.70. The van der Waals surface area contributed by atoms with Crippen molar-refractivity contribution in [3.63, 3.8) is 0 Å². The van der Waals surface area contributed by atoms with E-state index < -0.39 is 0 Å². The third kappa shape index (κ3) is 2.28. The van der Waals surface area contributed by atoms with Gasteiger partial charge in [-0.05, 0) is 17.5 Å². The molecule has 1 aliphatic heterocycles. The van der Waals surface area contributed by atoms with Gasteiger partial charge in [0.15, 0.2) is 5.82 Å². The van der Waals surface area contributed by atoms with Crippen molar-refractivity contribution in [1.29, 1.82) is 0 Å². The van der Waals surface area contributed by atoms with E-state index in [0.717, 1.165) is 24.6 Å². The lowest BCUT2D eigenvalue weighted by molar-refractivity contribution is 0.457. The van der Waals surface area contributed by atoms with E-state index in [1.165, 1.54) is 11.1 Å². The van der Waals surface area contributed by atoms with Crippen molar-refractivity contribution in [2.45, 2.75) is 38.8 Å². The molecule has 2 heterocycles. The largest absolute Gasteiger partial charge is 0.303 e. The minimum absolute atomic E-state index is 0.264. The Kier molecular flexibility index (Phi) is 3.11. The van der Waals surface area contributed by atoms with Gasteiger partial charge >= 0.3 is 0 Å². The molecule has 1 unspecified atom stereocenters. The van der Waals surface area contributed by atoms with Crippen molar-refractivity contribution in [2.75, 3.05) is 0 Å². The van der Waals surface area contributed by atoms with Crippen LogP contribution in [0, 0.1) is 0 Å². The van der Waals surface area contributed by atoms with Gasteiger partial charge in [0.2, 0.25) is 0 Å². The molecule has 0 saturated carbocycles. The van der Waals surface area contributed by atoms with Crippen molar-refractivity contribution in [3.05, 3.63) is 47.0 Å². The van der Waals surface area contributed by atoms with Crippen molar-refractivity contribution < 1.29 is 0 Å². The Labute approximate surface area is 113 Å². The van der Waals surface area contributed by atoms with E-state index in [2.05, 4.69) is 48.5 Å². The molecule has 0 fully saturated rings. The first-order chi connectivity index (χ1) is 9.15. The summed E-state index contributed by atoms with van der Waals surface area (Å²) >= 11 is 0. The Balaban J connectivity index is 1.89. The maximum absolute atomic E-state index is 4.70. The van der Waals surface area contributed by atoms with Crippen molar-refractivity contribution in [2.24, 2.45) is 7.05 Å². The summed E-state index contributed by atoms with van der Waals surface area (Å²) in [5.74, 6) is 2.34. The lowest BCUT2D eigenvalue weighted by Crippen LogP contribution is -2.30. The fraction of sp³-hybridized carbons (Fsp3) is 0.467. The molecule has 1 aliphatic rings. The lowest BCUT2D eigenvalue weighted by atomic mass is 9.95. The smallest absolute Gasteiger partial charge is 0.153 e. The summed E-state index contributed by atoms with van der Waals surface area (Å²) in [4.78, 5) is 4.70. The number of rotatable bonds is 2. The first-order valence-electron chi connectivity index (χ1n) is 6.86. The third-order valence-corrected chi connectivity index (χ3v) is 3.72. The predicted molar refractivity (Wildman–Crippen MR) is 74.8 cm³/mol. The van der Waals surface area contributed by atoms with Gasteiger partial charge in [0.1, 0.15) is 5.82 Å². The molecule has 19 heavy (non-hydrogen) atoms. The van der Waals surface area contributed by atoms with Crippen LogP contribution in [0.2, 0.25) is 0 Å². The first-order valence-corrected chi connectivity index (χ1v) is 6.86. The quantitative estimate of drug-likeness (QED) is 0.896. The fourth-order valence-electron chi connectivity index (χ4n) is 2.60. The molecule has 0 bridgehead atoms. The normalized spacial score (nSPS) is 18.6. The van der Waals surface area contributed by atoms with E-state index in [-0.39, 0.29) is 6.04 Å². The van der Waals surface area contributed by atoms with Crippen LogP contribution in [0.1, 0.15) is 48.6 Å². The van der Waals surface area contributed by atoms with Gasteiger partial charge in [-0.2, -0.15) is 5.10 Å². The molecule has 1 aromatic heterocycles. The molecule has 0 radical (unpaired) electrons. The Morgan fingerprint density at radius 2 is 2.00 bits per heavy atom. The van der Waals surface area contributed by atoms with Gasteiger partial charge in [-0.3, -0.25) is 4.68 Å². The zero-order valence-corrected chi connectivity index (χ0v) is 11.7. The molecule has 2 aromatic rings. The molecule has 0 amide bonds. The standard InChI is InChI=1S/C15H20N4/c1-10(2)14-17-15(19(3)18-14)13-8-11-6-4-5-7-12(11)9-16-13/h4-7,10,13,16H,8-9H2,1-3H3. The number of benzene rings is 1. The maximum Gasteiger partial charge on any atom is 0.153 e. The van der Waals surface area contributed by atoms with Gasteiger partial charge in [-0.1, -0.05) is 38.1 Å². The summed E-state index contributed by atoms with van der Waals surface area (Å²) in [6, 6.07) is 8.87. The number of nitrogens with zero attached hydrogens (tertiary/aromatic N) is 3. The molecule has 0 spiro atoms. The number of nitrogens with one attached hydrogen (secondary N) is 1. The number of aryl methyl sites for hydroxylation is 1. The molecule has 0 saturated heterocycles. The van der Waals surface area contributed by atoms with E-state index in [4.69, 9.17) is 4.98 Å². The van der Waals surface area contributed by atoms with Gasteiger partial charge in [0, 0.05) is 19.5 Å². The highest BCUT2D eigenvalue weighted by molar-refractivity contribution is 5.30. The molecule has 1 N–H and O–H groups in total. The van der Waals surface area contributed by atoms with Crippen LogP contribution in [-0.2, 0) is 20.0 Å².